The van der Waals surface area contributed by atoms with E-state index in [-0.39, 0.29) is 0 Å². The van der Waals surface area contributed by atoms with E-state index in [2.05, 4.69) is 23.3 Å². The van der Waals surface area contributed by atoms with Gasteiger partial charge in [-0.2, -0.15) is 10.5 Å². The topological polar surface area (TPSA) is 60.5 Å². The van der Waals surface area contributed by atoms with Crippen molar-refractivity contribution in [3.63, 3.8) is 0 Å². The molecule has 3 nitrogen and oxygen atoms in total. The van der Waals surface area contributed by atoms with E-state index in [0.29, 0.717) is 21.7 Å². The molecule has 0 aliphatic carbocycles. The Balaban J connectivity index is 2.75. The van der Waals surface area contributed by atoms with Gasteiger partial charge in [0.2, 0.25) is 0 Å². The van der Waals surface area contributed by atoms with Gasteiger partial charge in [-0.05, 0) is 12.1 Å². The molecule has 1 radical (unpaired) electrons. The lowest BCUT2D eigenvalue weighted by molar-refractivity contribution is 1.37. The maximum Gasteiger partial charge on any atom is 0.126 e. The van der Waals surface area contributed by atoms with Gasteiger partial charge in [-0.15, -0.1) is 11.3 Å². The zero-order valence-electron chi connectivity index (χ0n) is 7.56. The summed E-state index contributed by atoms with van der Waals surface area (Å²) in [4.78, 5) is 4.00. The van der Waals surface area contributed by atoms with Crippen molar-refractivity contribution in [1.29, 1.82) is 10.5 Å². The van der Waals surface area contributed by atoms with E-state index in [0.717, 1.165) is 0 Å². The van der Waals surface area contributed by atoms with Crippen LogP contribution >= 0.6 is 11.3 Å². The minimum absolute atomic E-state index is 0.470. The summed E-state index contributed by atoms with van der Waals surface area (Å²) in [5.74, 6) is 0. The van der Waals surface area contributed by atoms with Gasteiger partial charge >= 0.3 is 0 Å². The van der Waals surface area contributed by atoms with Crippen LogP contribution in [0.4, 0.5) is 0 Å². The van der Waals surface area contributed by atoms with E-state index in [1.54, 1.807) is 23.6 Å². The van der Waals surface area contributed by atoms with Crippen LogP contribution in [0.1, 0.15) is 11.1 Å². The van der Waals surface area contributed by atoms with Gasteiger partial charge in [0.25, 0.3) is 0 Å². The van der Waals surface area contributed by atoms with Crippen molar-refractivity contribution in [2.45, 2.75) is 0 Å². The van der Waals surface area contributed by atoms with Crippen molar-refractivity contribution in [3.05, 3.63) is 40.9 Å². The summed E-state index contributed by atoms with van der Waals surface area (Å²) in [7, 11) is 0. The lowest BCUT2D eigenvalue weighted by atomic mass is 10.0. The Morgan fingerprint density at radius 1 is 1.20 bits per heavy atom. The SMILES string of the molecule is N#Cc1cccc(C#N)c1-c1n[c]cs1. The average Bonchev–Trinajstić information content (AvgIpc) is 2.81. The summed E-state index contributed by atoms with van der Waals surface area (Å²) in [6.45, 7) is 0. The number of nitrogens with zero attached hydrogens (tertiary/aromatic N) is 3. The molecule has 0 N–H and O–H groups in total. The second-order valence-corrected chi connectivity index (χ2v) is 3.59. The minimum atomic E-state index is 0.470. The molecule has 0 saturated carbocycles. The fraction of sp³-hybridized carbons (Fsp3) is 0. The first kappa shape index (κ1) is 9.39. The van der Waals surface area contributed by atoms with Crippen LogP contribution in [-0.4, -0.2) is 4.98 Å². The summed E-state index contributed by atoms with van der Waals surface area (Å²) in [6, 6.07) is 9.17. The lowest BCUT2D eigenvalue weighted by Crippen LogP contribution is -1.88. The molecule has 0 bridgehead atoms. The molecule has 2 rings (SSSR count). The molecule has 1 aromatic heterocycles. The van der Waals surface area contributed by atoms with Gasteiger partial charge in [0.05, 0.1) is 23.3 Å². The van der Waals surface area contributed by atoms with Crippen LogP contribution in [0.3, 0.4) is 0 Å². The summed E-state index contributed by atoms with van der Waals surface area (Å²) in [6.07, 6.45) is 2.68. The monoisotopic (exact) mass is 210 g/mol. The molecule has 0 spiro atoms. The van der Waals surface area contributed by atoms with Crippen LogP contribution in [0.5, 0.6) is 0 Å². The third-order valence-electron chi connectivity index (χ3n) is 1.91. The van der Waals surface area contributed by atoms with Crippen molar-refractivity contribution in [2.75, 3.05) is 0 Å². The van der Waals surface area contributed by atoms with Crippen LogP contribution in [0.15, 0.2) is 23.6 Å². The van der Waals surface area contributed by atoms with Gasteiger partial charge in [-0.1, -0.05) is 6.07 Å². The second-order valence-electron chi connectivity index (χ2n) is 2.73. The van der Waals surface area contributed by atoms with E-state index in [1.165, 1.54) is 11.3 Å². The largest absolute Gasteiger partial charge is 0.234 e. The second kappa shape index (κ2) is 3.91. The Labute approximate surface area is 90.9 Å². The van der Waals surface area contributed by atoms with Crippen LogP contribution in [0, 0.1) is 28.9 Å². The fourth-order valence-corrected chi connectivity index (χ4v) is 1.94. The minimum Gasteiger partial charge on any atom is -0.234 e. The van der Waals surface area contributed by atoms with E-state index in [9.17, 15) is 0 Å². The summed E-state index contributed by atoms with van der Waals surface area (Å²) < 4.78 is 0. The summed E-state index contributed by atoms with van der Waals surface area (Å²) in [5, 5.41) is 20.2. The van der Waals surface area contributed by atoms with Crippen molar-refractivity contribution in [1.82, 2.24) is 4.98 Å². The first-order chi connectivity index (χ1) is 7.36. The Morgan fingerprint density at radius 2 is 1.87 bits per heavy atom. The van der Waals surface area contributed by atoms with E-state index >= 15 is 0 Å². The van der Waals surface area contributed by atoms with Crippen molar-refractivity contribution < 1.29 is 0 Å². The normalized spacial score (nSPS) is 9.20. The number of thiazole rings is 1. The van der Waals surface area contributed by atoms with Gasteiger partial charge < -0.3 is 0 Å². The highest BCUT2D eigenvalue weighted by molar-refractivity contribution is 7.13. The Bertz CT molecular complexity index is 526. The van der Waals surface area contributed by atoms with Gasteiger partial charge in [0.15, 0.2) is 0 Å². The maximum absolute atomic E-state index is 8.94. The van der Waals surface area contributed by atoms with Crippen LogP contribution < -0.4 is 0 Å². The Hall–Kier alpha value is -2.17. The molecule has 0 saturated heterocycles. The number of hydrogen-bond donors (Lipinski definition) is 0. The van der Waals surface area contributed by atoms with Crippen molar-refractivity contribution >= 4 is 11.3 Å². The molecule has 2 aromatic rings. The summed E-state index contributed by atoms with van der Waals surface area (Å²) >= 11 is 1.37. The van der Waals surface area contributed by atoms with Gasteiger partial charge in [0, 0.05) is 10.9 Å². The van der Waals surface area contributed by atoms with Gasteiger partial charge in [-0.25, -0.2) is 4.98 Å². The number of benzene rings is 1. The predicted octanol–water partition coefficient (Wildman–Crippen LogP) is 2.35. The van der Waals surface area contributed by atoms with Gasteiger partial charge in [0.1, 0.15) is 11.2 Å². The molecule has 1 aromatic carbocycles. The molecular weight excluding hydrogens is 206 g/mol. The van der Waals surface area contributed by atoms with E-state index in [4.69, 9.17) is 10.5 Å². The lowest BCUT2D eigenvalue weighted by Gasteiger charge is -2.01. The molecule has 0 fully saturated rings. The van der Waals surface area contributed by atoms with Crippen molar-refractivity contribution in [2.24, 2.45) is 0 Å². The highest BCUT2D eigenvalue weighted by Gasteiger charge is 2.12. The zero-order chi connectivity index (χ0) is 10.7. The van der Waals surface area contributed by atoms with Crippen LogP contribution in [0.2, 0.25) is 0 Å². The molecule has 15 heavy (non-hydrogen) atoms. The number of nitriles is 2. The molecule has 4 heteroatoms. The van der Waals surface area contributed by atoms with Crippen LogP contribution in [-0.2, 0) is 0 Å². The third kappa shape index (κ3) is 1.59. The van der Waals surface area contributed by atoms with E-state index < -0.39 is 0 Å². The Kier molecular flexibility index (Phi) is 2.45. The fourth-order valence-electron chi connectivity index (χ4n) is 1.28. The zero-order valence-corrected chi connectivity index (χ0v) is 8.38. The first-order valence-electron chi connectivity index (χ1n) is 4.12. The summed E-state index contributed by atoms with van der Waals surface area (Å²) in [5.41, 5.74) is 1.54. The van der Waals surface area contributed by atoms with E-state index in [1.807, 2.05) is 0 Å². The molecule has 0 amide bonds. The highest BCUT2D eigenvalue weighted by Crippen LogP contribution is 2.28. The third-order valence-corrected chi connectivity index (χ3v) is 2.65. The number of hydrogen-bond acceptors (Lipinski definition) is 4. The maximum atomic E-state index is 8.94. The molecule has 1 heterocycles. The van der Waals surface area contributed by atoms with Crippen molar-refractivity contribution in [3.8, 4) is 22.7 Å². The molecule has 69 valence electrons. The first-order valence-corrected chi connectivity index (χ1v) is 5.00. The van der Waals surface area contributed by atoms with Crippen LogP contribution in [0.25, 0.3) is 10.6 Å². The quantitative estimate of drug-likeness (QED) is 0.725. The average molecular weight is 210 g/mol. The van der Waals surface area contributed by atoms with Gasteiger partial charge in [-0.3, -0.25) is 0 Å². The number of rotatable bonds is 1. The Morgan fingerprint density at radius 3 is 2.33 bits per heavy atom. The molecule has 0 aliphatic heterocycles. The smallest absolute Gasteiger partial charge is 0.126 e. The molecule has 0 aliphatic rings. The predicted molar refractivity (Wildman–Crippen MR) is 55.8 cm³/mol. The molecular formula is C11H4N3S. The number of aromatic nitrogens is 1. The molecule has 0 unspecified atom stereocenters. The standard InChI is InChI=1S/C11H4N3S/c12-6-8-2-1-3-9(7-13)10(8)11-14-4-5-15-11/h1-3,5H. The molecule has 0 atom stereocenters. The highest BCUT2D eigenvalue weighted by atomic mass is 32.1.